The molecule has 1 heterocycles. The van der Waals surface area contributed by atoms with Gasteiger partial charge in [0.15, 0.2) is 0 Å². The molecule has 0 bridgehead atoms. The Morgan fingerprint density at radius 3 is 2.60 bits per heavy atom. The Bertz CT molecular complexity index is 636. The molecule has 1 aliphatic carbocycles. The molecule has 1 aromatic heterocycles. The van der Waals surface area contributed by atoms with Crippen molar-refractivity contribution in [2.24, 2.45) is 12.0 Å². The number of aryl methyl sites for hydroxylation is 1. The Balaban J connectivity index is 1.90. The molecule has 4 nitrogen and oxygen atoms in total. The van der Waals surface area contributed by atoms with Crippen LogP contribution in [-0.4, -0.2) is 20.9 Å². The van der Waals surface area contributed by atoms with Crippen molar-refractivity contribution in [3.63, 3.8) is 0 Å². The van der Waals surface area contributed by atoms with Crippen LogP contribution < -0.4 is 4.80 Å². The number of rotatable bonds is 2. The van der Waals surface area contributed by atoms with E-state index in [2.05, 4.69) is 5.10 Å². The summed E-state index contributed by atoms with van der Waals surface area (Å²) in [5.41, 5.74) is 1.02. The van der Waals surface area contributed by atoms with Crippen LogP contribution in [0.2, 0.25) is 0 Å². The van der Waals surface area contributed by atoms with Crippen LogP contribution in [-0.2, 0) is 7.05 Å². The number of benzene rings is 1. The second kappa shape index (κ2) is 5.79. The Hall–Kier alpha value is -1.62. The van der Waals surface area contributed by atoms with Crippen molar-refractivity contribution in [3.05, 3.63) is 29.1 Å². The molecule has 0 spiro atoms. The topological polar surface area (TPSA) is 50.4 Å². The molecule has 5 heteroatoms. The van der Waals surface area contributed by atoms with Crippen LogP contribution in [0.15, 0.2) is 29.3 Å². The highest BCUT2D eigenvalue weighted by Gasteiger charge is 2.13. The van der Waals surface area contributed by atoms with Crippen LogP contribution in [0.25, 0.3) is 10.6 Å². The summed E-state index contributed by atoms with van der Waals surface area (Å²) in [5, 5.41) is 14.8. The zero-order valence-electron chi connectivity index (χ0n) is 11.6. The summed E-state index contributed by atoms with van der Waals surface area (Å²) in [6.07, 6.45) is 6.33. The van der Waals surface area contributed by atoms with Gasteiger partial charge < -0.3 is 5.11 Å². The third kappa shape index (κ3) is 2.93. The van der Waals surface area contributed by atoms with Crippen molar-refractivity contribution in [2.45, 2.75) is 38.1 Å². The smallest absolute Gasteiger partial charge is 0.203 e. The lowest BCUT2D eigenvalue weighted by molar-refractivity contribution is 0.434. The van der Waals surface area contributed by atoms with E-state index < -0.39 is 0 Å². The van der Waals surface area contributed by atoms with Gasteiger partial charge >= 0.3 is 0 Å². The zero-order chi connectivity index (χ0) is 13.9. The first kappa shape index (κ1) is 13.4. The summed E-state index contributed by atoms with van der Waals surface area (Å²) in [7, 11) is 1.95. The number of nitrogens with zero attached hydrogens (tertiary/aromatic N) is 3. The number of hydrogen-bond acceptors (Lipinski definition) is 4. The molecule has 0 saturated heterocycles. The van der Waals surface area contributed by atoms with Crippen molar-refractivity contribution in [3.8, 4) is 16.3 Å². The van der Waals surface area contributed by atoms with Crippen LogP contribution in [0.1, 0.15) is 32.1 Å². The molecule has 3 rings (SSSR count). The van der Waals surface area contributed by atoms with Gasteiger partial charge in [0.25, 0.3) is 0 Å². The van der Waals surface area contributed by atoms with E-state index in [4.69, 9.17) is 4.99 Å². The molecule has 1 fully saturated rings. The van der Waals surface area contributed by atoms with E-state index in [0.717, 1.165) is 15.4 Å². The van der Waals surface area contributed by atoms with Crippen LogP contribution in [0.3, 0.4) is 0 Å². The first-order valence-corrected chi connectivity index (χ1v) is 7.91. The molecule has 0 unspecified atom stereocenters. The second-order valence-corrected chi connectivity index (χ2v) is 6.24. The number of aromatic nitrogens is 2. The summed E-state index contributed by atoms with van der Waals surface area (Å²) in [6, 6.07) is 7.61. The van der Waals surface area contributed by atoms with Gasteiger partial charge in [-0.25, -0.2) is 4.68 Å². The summed E-state index contributed by atoms with van der Waals surface area (Å²) in [5.74, 6) is 0.279. The fourth-order valence-electron chi connectivity index (χ4n) is 2.55. The average Bonchev–Trinajstić information content (AvgIpc) is 2.82. The van der Waals surface area contributed by atoms with Gasteiger partial charge in [-0.15, -0.1) is 0 Å². The van der Waals surface area contributed by atoms with E-state index in [-0.39, 0.29) is 5.75 Å². The molecule has 0 radical (unpaired) electrons. The molecular formula is C15H19N3OS. The Morgan fingerprint density at radius 1 is 1.20 bits per heavy atom. The molecular weight excluding hydrogens is 270 g/mol. The molecule has 2 aromatic rings. The van der Waals surface area contributed by atoms with Crippen LogP contribution in [0.4, 0.5) is 0 Å². The van der Waals surface area contributed by atoms with Crippen molar-refractivity contribution < 1.29 is 5.11 Å². The number of aromatic hydroxyl groups is 1. The van der Waals surface area contributed by atoms with Crippen LogP contribution in [0.5, 0.6) is 5.75 Å². The minimum absolute atomic E-state index is 0.279. The lowest BCUT2D eigenvalue weighted by atomic mass is 9.96. The maximum Gasteiger partial charge on any atom is 0.203 e. The second-order valence-electron chi connectivity index (χ2n) is 5.28. The number of hydrogen-bond donors (Lipinski definition) is 1. The quantitative estimate of drug-likeness (QED) is 0.923. The summed E-state index contributed by atoms with van der Waals surface area (Å²) in [6.45, 7) is 0. The number of phenols is 1. The fourth-order valence-corrected chi connectivity index (χ4v) is 3.51. The van der Waals surface area contributed by atoms with Gasteiger partial charge in [-0.1, -0.05) is 30.6 Å². The normalized spacial score (nSPS) is 17.6. The highest BCUT2D eigenvalue weighted by atomic mass is 32.1. The van der Waals surface area contributed by atoms with Crippen molar-refractivity contribution in [1.29, 1.82) is 0 Å². The first-order valence-electron chi connectivity index (χ1n) is 7.10. The largest absolute Gasteiger partial charge is 0.508 e. The summed E-state index contributed by atoms with van der Waals surface area (Å²) in [4.78, 5) is 5.84. The zero-order valence-corrected chi connectivity index (χ0v) is 12.4. The summed E-state index contributed by atoms with van der Waals surface area (Å²) < 4.78 is 1.86. The SMILES string of the molecule is Cn1nc(-c2ccc(O)cc2)sc1=NC1CCCCC1. The highest BCUT2D eigenvalue weighted by Crippen LogP contribution is 2.23. The average molecular weight is 289 g/mol. The van der Waals surface area contributed by atoms with Gasteiger partial charge in [0, 0.05) is 12.6 Å². The van der Waals surface area contributed by atoms with Crippen molar-refractivity contribution >= 4 is 11.3 Å². The minimum Gasteiger partial charge on any atom is -0.508 e. The lowest BCUT2D eigenvalue weighted by Gasteiger charge is -2.16. The fraction of sp³-hybridized carbons (Fsp3) is 0.467. The van der Waals surface area contributed by atoms with Gasteiger partial charge in [0.1, 0.15) is 10.8 Å². The van der Waals surface area contributed by atoms with E-state index in [9.17, 15) is 5.11 Å². The van der Waals surface area contributed by atoms with Crippen LogP contribution in [0, 0.1) is 0 Å². The maximum atomic E-state index is 9.34. The predicted octanol–water partition coefficient (Wildman–Crippen LogP) is 3.09. The molecule has 1 N–H and O–H groups in total. The Labute approximate surface area is 122 Å². The third-order valence-corrected chi connectivity index (χ3v) is 4.75. The first-order chi connectivity index (χ1) is 9.72. The Kier molecular flexibility index (Phi) is 3.87. The molecule has 1 aromatic carbocycles. The van der Waals surface area contributed by atoms with Gasteiger partial charge in [-0.05, 0) is 37.1 Å². The van der Waals surface area contributed by atoms with Gasteiger partial charge in [-0.2, -0.15) is 5.10 Å². The monoisotopic (exact) mass is 289 g/mol. The van der Waals surface area contributed by atoms with Crippen molar-refractivity contribution in [2.75, 3.05) is 0 Å². The van der Waals surface area contributed by atoms with Gasteiger partial charge in [0.05, 0.1) is 6.04 Å². The molecule has 1 aliphatic rings. The van der Waals surface area contributed by atoms with E-state index in [1.165, 1.54) is 32.1 Å². The van der Waals surface area contributed by atoms with E-state index in [0.29, 0.717) is 6.04 Å². The van der Waals surface area contributed by atoms with Gasteiger partial charge in [-0.3, -0.25) is 4.99 Å². The Morgan fingerprint density at radius 2 is 1.90 bits per heavy atom. The minimum atomic E-state index is 0.279. The standard InChI is InChI=1S/C15H19N3OS/c1-18-15(16-12-5-3-2-4-6-12)20-14(17-18)11-7-9-13(19)10-8-11/h7-10,12,19H,2-6H2,1H3. The predicted molar refractivity (Wildman–Crippen MR) is 80.6 cm³/mol. The van der Waals surface area contributed by atoms with Crippen LogP contribution >= 0.6 is 11.3 Å². The highest BCUT2D eigenvalue weighted by molar-refractivity contribution is 7.12. The molecule has 0 aliphatic heterocycles. The van der Waals surface area contributed by atoms with E-state index >= 15 is 0 Å². The molecule has 1 saturated carbocycles. The van der Waals surface area contributed by atoms with E-state index in [1.807, 2.05) is 23.9 Å². The number of phenolic OH excluding ortho intramolecular Hbond substituents is 1. The lowest BCUT2D eigenvalue weighted by Crippen LogP contribution is -2.18. The molecule has 20 heavy (non-hydrogen) atoms. The van der Waals surface area contributed by atoms with E-state index in [1.54, 1.807) is 23.5 Å². The van der Waals surface area contributed by atoms with Crippen molar-refractivity contribution in [1.82, 2.24) is 9.78 Å². The van der Waals surface area contributed by atoms with Gasteiger partial charge in [0.2, 0.25) is 4.80 Å². The molecule has 106 valence electrons. The molecule has 0 atom stereocenters. The molecule has 0 amide bonds. The maximum absolute atomic E-state index is 9.34. The summed E-state index contributed by atoms with van der Waals surface area (Å²) >= 11 is 1.62. The third-order valence-electron chi connectivity index (χ3n) is 3.69.